The van der Waals surface area contributed by atoms with Crippen LogP contribution in [0.2, 0.25) is 0 Å². The smallest absolute Gasteiger partial charge is 0.249 e. The zero-order valence-electron chi connectivity index (χ0n) is 13.0. The van der Waals surface area contributed by atoms with E-state index in [4.69, 9.17) is 4.74 Å². The van der Waals surface area contributed by atoms with Crippen molar-refractivity contribution < 1.29 is 9.53 Å². The SMILES string of the molecule is Cc1cccc(-c2nc(NC(=O)[C@H]3COc4ccccc43)n[nH]2)n1. The predicted molar refractivity (Wildman–Crippen MR) is 87.7 cm³/mol. The van der Waals surface area contributed by atoms with Crippen LogP contribution in [0.5, 0.6) is 5.75 Å². The minimum atomic E-state index is -0.361. The van der Waals surface area contributed by atoms with Gasteiger partial charge in [-0.1, -0.05) is 24.3 Å². The molecular formula is C17H15N5O2. The Balaban J connectivity index is 1.52. The highest BCUT2D eigenvalue weighted by atomic mass is 16.5. The molecule has 1 aliphatic rings. The second-order valence-electron chi connectivity index (χ2n) is 5.56. The molecule has 1 aromatic carbocycles. The van der Waals surface area contributed by atoms with Gasteiger partial charge in [-0.3, -0.25) is 15.2 Å². The lowest BCUT2D eigenvalue weighted by molar-refractivity contribution is -0.117. The van der Waals surface area contributed by atoms with Gasteiger partial charge in [-0.2, -0.15) is 4.98 Å². The third kappa shape index (κ3) is 2.60. The molecule has 120 valence electrons. The Morgan fingerprint density at radius 1 is 1.21 bits per heavy atom. The van der Waals surface area contributed by atoms with Gasteiger partial charge >= 0.3 is 0 Å². The van der Waals surface area contributed by atoms with Crippen LogP contribution in [-0.2, 0) is 4.79 Å². The quantitative estimate of drug-likeness (QED) is 0.772. The number of ether oxygens (including phenoxy) is 1. The van der Waals surface area contributed by atoms with Gasteiger partial charge in [-0.05, 0) is 25.1 Å². The largest absolute Gasteiger partial charge is 0.492 e. The lowest BCUT2D eigenvalue weighted by Crippen LogP contribution is -2.22. The summed E-state index contributed by atoms with van der Waals surface area (Å²) in [5.74, 6) is 0.931. The number of aryl methyl sites for hydroxylation is 1. The van der Waals surface area contributed by atoms with Crippen molar-refractivity contribution in [3.63, 3.8) is 0 Å². The molecule has 0 radical (unpaired) electrons. The number of fused-ring (bicyclic) bond motifs is 1. The summed E-state index contributed by atoms with van der Waals surface area (Å²) in [4.78, 5) is 21.1. The normalized spacial score (nSPS) is 15.6. The maximum atomic E-state index is 12.5. The fourth-order valence-corrected chi connectivity index (χ4v) is 2.68. The summed E-state index contributed by atoms with van der Waals surface area (Å²) < 4.78 is 5.54. The van der Waals surface area contributed by atoms with E-state index >= 15 is 0 Å². The Labute approximate surface area is 138 Å². The van der Waals surface area contributed by atoms with E-state index in [0.717, 1.165) is 17.0 Å². The fraction of sp³-hybridized carbons (Fsp3) is 0.176. The lowest BCUT2D eigenvalue weighted by atomic mass is 10.0. The van der Waals surface area contributed by atoms with Crippen molar-refractivity contribution >= 4 is 11.9 Å². The van der Waals surface area contributed by atoms with Crippen LogP contribution in [0.15, 0.2) is 42.5 Å². The number of pyridine rings is 1. The Morgan fingerprint density at radius 3 is 2.96 bits per heavy atom. The van der Waals surface area contributed by atoms with E-state index in [1.165, 1.54) is 0 Å². The molecule has 24 heavy (non-hydrogen) atoms. The second kappa shape index (κ2) is 5.77. The number of nitrogens with zero attached hydrogens (tertiary/aromatic N) is 3. The number of rotatable bonds is 3. The molecule has 4 rings (SSSR count). The first kappa shape index (κ1) is 14.4. The van der Waals surface area contributed by atoms with Gasteiger partial charge in [-0.25, -0.2) is 4.98 Å². The fourth-order valence-electron chi connectivity index (χ4n) is 2.68. The zero-order valence-corrected chi connectivity index (χ0v) is 13.0. The van der Waals surface area contributed by atoms with Gasteiger partial charge in [0.05, 0.1) is 0 Å². The molecule has 3 aromatic rings. The molecule has 0 bridgehead atoms. The van der Waals surface area contributed by atoms with Crippen molar-refractivity contribution in [3.8, 4) is 17.3 Å². The number of anilines is 1. The Kier molecular flexibility index (Phi) is 3.45. The van der Waals surface area contributed by atoms with Crippen molar-refractivity contribution in [1.29, 1.82) is 0 Å². The van der Waals surface area contributed by atoms with E-state index in [1.807, 2.05) is 49.4 Å². The number of H-pyrrole nitrogens is 1. The van der Waals surface area contributed by atoms with Crippen molar-refractivity contribution in [2.24, 2.45) is 0 Å². The molecule has 7 heteroatoms. The molecule has 7 nitrogen and oxygen atoms in total. The van der Waals surface area contributed by atoms with Crippen LogP contribution in [0.3, 0.4) is 0 Å². The molecule has 0 unspecified atom stereocenters. The summed E-state index contributed by atoms with van der Waals surface area (Å²) in [6.45, 7) is 2.22. The number of carbonyl (C=O) groups excluding carboxylic acids is 1. The summed E-state index contributed by atoms with van der Waals surface area (Å²) in [5, 5.41) is 9.56. The van der Waals surface area contributed by atoms with Crippen LogP contribution in [0.25, 0.3) is 11.5 Å². The molecule has 0 aliphatic carbocycles. The number of carbonyl (C=O) groups is 1. The number of aromatic nitrogens is 4. The third-order valence-electron chi connectivity index (χ3n) is 3.87. The zero-order chi connectivity index (χ0) is 16.5. The summed E-state index contributed by atoms with van der Waals surface area (Å²) in [7, 11) is 0. The Hall–Kier alpha value is -3.22. The van der Waals surface area contributed by atoms with Gasteiger partial charge in [0.15, 0.2) is 5.82 Å². The number of nitrogens with one attached hydrogen (secondary N) is 2. The highest BCUT2D eigenvalue weighted by Crippen LogP contribution is 2.33. The number of benzene rings is 1. The van der Waals surface area contributed by atoms with Crippen molar-refractivity contribution in [2.75, 3.05) is 11.9 Å². The van der Waals surface area contributed by atoms with Crippen LogP contribution in [0.1, 0.15) is 17.2 Å². The first-order chi connectivity index (χ1) is 11.7. The van der Waals surface area contributed by atoms with Crippen LogP contribution >= 0.6 is 0 Å². The molecule has 1 atom stereocenters. The number of aromatic amines is 1. The Morgan fingerprint density at radius 2 is 2.08 bits per heavy atom. The molecule has 0 spiro atoms. The second-order valence-corrected chi connectivity index (χ2v) is 5.56. The highest BCUT2D eigenvalue weighted by molar-refractivity contribution is 5.95. The maximum absolute atomic E-state index is 12.5. The van der Waals surface area contributed by atoms with Crippen LogP contribution in [0, 0.1) is 6.92 Å². The van der Waals surface area contributed by atoms with E-state index in [-0.39, 0.29) is 17.8 Å². The van der Waals surface area contributed by atoms with Gasteiger partial charge in [0.1, 0.15) is 24.0 Å². The van der Waals surface area contributed by atoms with Gasteiger partial charge in [0.2, 0.25) is 11.9 Å². The monoisotopic (exact) mass is 321 g/mol. The summed E-state index contributed by atoms with van der Waals surface area (Å²) >= 11 is 0. The summed E-state index contributed by atoms with van der Waals surface area (Å²) in [6.07, 6.45) is 0. The molecule has 3 heterocycles. The van der Waals surface area contributed by atoms with Crippen molar-refractivity contribution in [1.82, 2.24) is 20.2 Å². The topological polar surface area (TPSA) is 92.8 Å². The van der Waals surface area contributed by atoms with E-state index in [9.17, 15) is 4.79 Å². The standard InChI is InChI=1S/C17H15N5O2/c1-10-5-4-7-13(18-10)15-19-17(22-21-15)20-16(23)12-9-24-14-8-3-2-6-11(12)14/h2-8,12H,9H2,1H3,(H2,19,20,21,22,23)/t12-/m0/s1. The van der Waals surface area contributed by atoms with Gasteiger partial charge in [0, 0.05) is 11.3 Å². The van der Waals surface area contributed by atoms with Gasteiger partial charge < -0.3 is 4.74 Å². The van der Waals surface area contributed by atoms with Gasteiger partial charge in [0.25, 0.3) is 0 Å². The summed E-state index contributed by atoms with van der Waals surface area (Å²) in [5.41, 5.74) is 2.44. The first-order valence-electron chi connectivity index (χ1n) is 7.60. The van der Waals surface area contributed by atoms with E-state index in [0.29, 0.717) is 18.1 Å². The van der Waals surface area contributed by atoms with E-state index < -0.39 is 0 Å². The summed E-state index contributed by atoms with van der Waals surface area (Å²) in [6, 6.07) is 13.2. The molecule has 2 aromatic heterocycles. The molecule has 0 saturated carbocycles. The molecule has 0 fully saturated rings. The van der Waals surface area contributed by atoms with Crippen LogP contribution < -0.4 is 10.1 Å². The Bertz CT molecular complexity index is 905. The number of hydrogen-bond acceptors (Lipinski definition) is 5. The minimum absolute atomic E-state index is 0.192. The van der Waals surface area contributed by atoms with Crippen LogP contribution in [0.4, 0.5) is 5.95 Å². The first-order valence-corrected chi connectivity index (χ1v) is 7.60. The lowest BCUT2D eigenvalue weighted by Gasteiger charge is -2.07. The molecule has 1 aliphatic heterocycles. The molecule has 2 N–H and O–H groups in total. The third-order valence-corrected chi connectivity index (χ3v) is 3.87. The van der Waals surface area contributed by atoms with E-state index in [2.05, 4.69) is 25.5 Å². The molecular weight excluding hydrogens is 306 g/mol. The number of amides is 1. The predicted octanol–water partition coefficient (Wildman–Crippen LogP) is 2.29. The van der Waals surface area contributed by atoms with Crippen molar-refractivity contribution in [3.05, 3.63) is 53.7 Å². The van der Waals surface area contributed by atoms with Gasteiger partial charge in [-0.15, -0.1) is 5.10 Å². The average Bonchev–Trinajstić information content (AvgIpc) is 3.21. The highest BCUT2D eigenvalue weighted by Gasteiger charge is 2.30. The number of para-hydroxylation sites is 1. The van der Waals surface area contributed by atoms with E-state index in [1.54, 1.807) is 0 Å². The van der Waals surface area contributed by atoms with Crippen LogP contribution in [-0.4, -0.2) is 32.7 Å². The maximum Gasteiger partial charge on any atom is 0.249 e. The molecule has 1 amide bonds. The van der Waals surface area contributed by atoms with Crippen molar-refractivity contribution in [2.45, 2.75) is 12.8 Å². The minimum Gasteiger partial charge on any atom is -0.492 e. The molecule has 0 saturated heterocycles. The average molecular weight is 321 g/mol. The number of hydrogen-bond donors (Lipinski definition) is 2.